The van der Waals surface area contributed by atoms with Crippen molar-refractivity contribution in [2.45, 2.75) is 25.2 Å². The Labute approximate surface area is 176 Å². The van der Waals surface area contributed by atoms with Crippen LogP contribution in [-0.2, 0) is 0 Å². The van der Waals surface area contributed by atoms with E-state index in [0.717, 1.165) is 23.7 Å². The van der Waals surface area contributed by atoms with Gasteiger partial charge in [0.05, 0.1) is 31.7 Å². The maximum absolute atomic E-state index is 14.4. The van der Waals surface area contributed by atoms with Gasteiger partial charge >= 0.3 is 6.01 Å². The third kappa shape index (κ3) is 3.26. The van der Waals surface area contributed by atoms with Crippen molar-refractivity contribution in [1.82, 2.24) is 24.6 Å². The summed E-state index contributed by atoms with van der Waals surface area (Å²) in [6.07, 6.45) is 3.48. The number of rotatable bonds is 5. The summed E-state index contributed by atoms with van der Waals surface area (Å²) < 4.78 is 40.1. The number of aryl methyl sites for hydroxylation is 1. The van der Waals surface area contributed by atoms with Crippen LogP contribution in [0.25, 0.3) is 16.9 Å². The number of aromatic nitrogens is 5. The van der Waals surface area contributed by atoms with E-state index in [1.165, 1.54) is 24.9 Å². The summed E-state index contributed by atoms with van der Waals surface area (Å²) in [4.78, 5) is 12.5. The molecule has 3 aromatic heterocycles. The van der Waals surface area contributed by atoms with Crippen molar-refractivity contribution in [3.8, 4) is 23.1 Å². The summed E-state index contributed by atoms with van der Waals surface area (Å²) in [5, 5.41) is 4.38. The zero-order valence-corrected chi connectivity index (χ0v) is 17.1. The Bertz CT molecular complexity index is 1310. The number of benzene rings is 1. The second-order valence-electron chi connectivity index (χ2n) is 7.54. The van der Waals surface area contributed by atoms with Gasteiger partial charge in [-0.2, -0.15) is 19.0 Å². The summed E-state index contributed by atoms with van der Waals surface area (Å²) in [6.45, 7) is 1.74. The molecule has 0 bridgehead atoms. The lowest BCUT2D eigenvalue weighted by Gasteiger charge is -2.11. The van der Waals surface area contributed by atoms with Gasteiger partial charge in [0, 0.05) is 11.8 Å². The quantitative estimate of drug-likeness (QED) is 0.482. The monoisotopic (exact) mass is 423 g/mol. The fourth-order valence-corrected chi connectivity index (χ4v) is 3.90. The van der Waals surface area contributed by atoms with Gasteiger partial charge in [0.2, 0.25) is 11.8 Å². The highest BCUT2D eigenvalue weighted by Crippen LogP contribution is 2.56. The molecule has 0 N–H and O–H groups in total. The lowest BCUT2D eigenvalue weighted by Crippen LogP contribution is -2.04. The Morgan fingerprint density at radius 3 is 2.61 bits per heavy atom. The molecule has 0 saturated heterocycles. The van der Waals surface area contributed by atoms with E-state index in [1.54, 1.807) is 19.1 Å². The number of halogens is 2. The number of fused-ring (bicyclic) bond motifs is 1. The third-order valence-corrected chi connectivity index (χ3v) is 5.65. The van der Waals surface area contributed by atoms with Crippen LogP contribution >= 0.6 is 0 Å². The molecule has 4 aromatic rings. The molecule has 1 saturated carbocycles. The van der Waals surface area contributed by atoms with Crippen LogP contribution < -0.4 is 9.47 Å². The predicted molar refractivity (Wildman–Crippen MR) is 108 cm³/mol. The molecule has 31 heavy (non-hydrogen) atoms. The molecule has 0 unspecified atom stereocenters. The second kappa shape index (κ2) is 7.26. The van der Waals surface area contributed by atoms with Crippen molar-refractivity contribution in [3.05, 3.63) is 65.1 Å². The van der Waals surface area contributed by atoms with Crippen molar-refractivity contribution in [2.75, 3.05) is 14.2 Å². The summed E-state index contributed by atoms with van der Waals surface area (Å²) in [5.74, 6) is -0.347. The molecule has 9 heteroatoms. The van der Waals surface area contributed by atoms with Crippen LogP contribution in [-0.4, -0.2) is 38.8 Å². The number of nitrogens with zero attached hydrogens (tertiary/aromatic N) is 5. The maximum atomic E-state index is 14.4. The summed E-state index contributed by atoms with van der Waals surface area (Å²) in [6, 6.07) is 7.30. The fraction of sp³-hybridized carbons (Fsp3) is 0.273. The maximum Gasteiger partial charge on any atom is 0.319 e. The van der Waals surface area contributed by atoms with E-state index in [-0.39, 0.29) is 29.5 Å². The normalized spacial score (nSPS) is 17.7. The molecule has 2 atom stereocenters. The molecule has 3 heterocycles. The summed E-state index contributed by atoms with van der Waals surface area (Å²) in [5.41, 5.74) is 3.74. The van der Waals surface area contributed by atoms with Gasteiger partial charge in [0.15, 0.2) is 5.65 Å². The van der Waals surface area contributed by atoms with Gasteiger partial charge in [-0.3, -0.25) is 0 Å². The molecule has 0 aliphatic heterocycles. The average Bonchev–Trinajstić information content (AvgIpc) is 3.50. The van der Waals surface area contributed by atoms with Crippen LogP contribution in [0.3, 0.4) is 0 Å². The molecule has 0 spiro atoms. The van der Waals surface area contributed by atoms with E-state index >= 15 is 0 Å². The van der Waals surface area contributed by atoms with Crippen molar-refractivity contribution in [3.63, 3.8) is 0 Å². The van der Waals surface area contributed by atoms with E-state index in [1.807, 2.05) is 12.1 Å². The lowest BCUT2D eigenvalue weighted by atomic mass is 10.0. The van der Waals surface area contributed by atoms with E-state index in [0.29, 0.717) is 22.5 Å². The average molecular weight is 423 g/mol. The number of hydrogen-bond acceptors (Lipinski definition) is 6. The molecule has 1 aliphatic rings. The second-order valence-corrected chi connectivity index (χ2v) is 7.54. The Morgan fingerprint density at radius 2 is 1.87 bits per heavy atom. The van der Waals surface area contributed by atoms with Crippen molar-refractivity contribution in [2.24, 2.45) is 0 Å². The molecular weight excluding hydrogens is 404 g/mol. The fourth-order valence-electron chi connectivity index (χ4n) is 3.90. The van der Waals surface area contributed by atoms with E-state index in [2.05, 4.69) is 20.1 Å². The highest BCUT2D eigenvalue weighted by molar-refractivity contribution is 5.68. The zero-order valence-electron chi connectivity index (χ0n) is 17.1. The van der Waals surface area contributed by atoms with Crippen LogP contribution in [0.5, 0.6) is 11.9 Å². The first kappa shape index (κ1) is 19.3. The van der Waals surface area contributed by atoms with Crippen molar-refractivity contribution < 1.29 is 18.3 Å². The van der Waals surface area contributed by atoms with Crippen molar-refractivity contribution >= 4 is 5.65 Å². The number of hydrogen-bond donors (Lipinski definition) is 0. The number of methoxy groups -OCH3 is 2. The van der Waals surface area contributed by atoms with Gasteiger partial charge < -0.3 is 9.47 Å². The molecule has 1 aliphatic carbocycles. The van der Waals surface area contributed by atoms with Gasteiger partial charge in [0.25, 0.3) is 0 Å². The van der Waals surface area contributed by atoms with E-state index in [4.69, 9.17) is 9.47 Å². The van der Waals surface area contributed by atoms with Crippen LogP contribution in [0.15, 0.2) is 36.7 Å². The Morgan fingerprint density at radius 1 is 1.03 bits per heavy atom. The van der Waals surface area contributed by atoms with Gasteiger partial charge in [0.1, 0.15) is 5.82 Å². The standard InChI is InChI=1S/C22H19F2N5O2/c1-11-4-5-12(6-17(11)23)13-7-14(13)15-8-18(28-29-19(24)10-25-20(15)29)16-9-26-22(31-3)27-21(16)30-2/h4-6,8-10,13-14H,7H2,1-3H3/t13-,14+/m1/s1. The minimum atomic E-state index is -0.579. The Hall–Kier alpha value is -3.62. The van der Waals surface area contributed by atoms with Gasteiger partial charge in [-0.1, -0.05) is 12.1 Å². The zero-order chi connectivity index (χ0) is 21.7. The third-order valence-electron chi connectivity index (χ3n) is 5.65. The lowest BCUT2D eigenvalue weighted by molar-refractivity contribution is 0.353. The molecule has 0 radical (unpaired) electrons. The molecule has 0 amide bonds. The van der Waals surface area contributed by atoms with Crippen LogP contribution in [0.2, 0.25) is 0 Å². The predicted octanol–water partition coefficient (Wildman–Crippen LogP) is 4.06. The smallest absolute Gasteiger partial charge is 0.319 e. The first-order valence-corrected chi connectivity index (χ1v) is 9.75. The summed E-state index contributed by atoms with van der Waals surface area (Å²) in [7, 11) is 2.93. The Balaban J connectivity index is 1.61. The number of imidazole rings is 1. The topological polar surface area (TPSA) is 74.4 Å². The molecule has 7 nitrogen and oxygen atoms in total. The van der Waals surface area contributed by atoms with Crippen LogP contribution in [0.4, 0.5) is 8.78 Å². The first-order chi connectivity index (χ1) is 15.0. The minimum Gasteiger partial charge on any atom is -0.480 e. The van der Waals surface area contributed by atoms with Crippen LogP contribution in [0, 0.1) is 18.7 Å². The minimum absolute atomic E-state index is 0.0679. The molecular formula is C22H19F2N5O2. The Kier molecular flexibility index (Phi) is 4.53. The van der Waals surface area contributed by atoms with Gasteiger partial charge in [-0.25, -0.2) is 14.4 Å². The highest BCUT2D eigenvalue weighted by Gasteiger charge is 2.42. The first-order valence-electron chi connectivity index (χ1n) is 9.75. The van der Waals surface area contributed by atoms with Gasteiger partial charge in [-0.05, 0) is 48.4 Å². The SMILES string of the molecule is COc1ncc(-c2cc([C@H]3C[C@@H]3c3ccc(C)c(F)c3)c3ncc(F)n3n2)c(OC)n1. The van der Waals surface area contributed by atoms with E-state index in [9.17, 15) is 8.78 Å². The molecule has 158 valence electrons. The molecule has 1 aromatic carbocycles. The molecule has 1 fully saturated rings. The van der Waals surface area contributed by atoms with E-state index < -0.39 is 5.95 Å². The number of ether oxygens (including phenoxy) is 2. The summed E-state index contributed by atoms with van der Waals surface area (Å²) >= 11 is 0. The highest BCUT2D eigenvalue weighted by atomic mass is 19.1. The van der Waals surface area contributed by atoms with Crippen LogP contribution in [0.1, 0.15) is 34.9 Å². The largest absolute Gasteiger partial charge is 0.480 e. The molecule has 5 rings (SSSR count). The van der Waals surface area contributed by atoms with Crippen molar-refractivity contribution in [1.29, 1.82) is 0 Å². The van der Waals surface area contributed by atoms with Gasteiger partial charge in [-0.15, -0.1) is 0 Å².